The van der Waals surface area contributed by atoms with Gasteiger partial charge in [0, 0.05) is 44.0 Å². The number of benzene rings is 2. The van der Waals surface area contributed by atoms with Crippen LogP contribution in [0.1, 0.15) is 15.9 Å². The number of nitro benzene ring substituents is 1. The monoisotopic (exact) mass is 365 g/mol. The van der Waals surface area contributed by atoms with Crippen molar-refractivity contribution in [1.82, 2.24) is 5.32 Å². The van der Waals surface area contributed by atoms with Gasteiger partial charge >= 0.3 is 0 Å². The van der Waals surface area contributed by atoms with Crippen LogP contribution in [0.3, 0.4) is 0 Å². The van der Waals surface area contributed by atoms with Crippen LogP contribution in [0.25, 0.3) is 11.3 Å². The Kier molecular flexibility index (Phi) is 5.21. The molecule has 2 aromatic carbocycles. The van der Waals surface area contributed by atoms with Gasteiger partial charge in [-0.05, 0) is 29.8 Å². The third-order valence-electron chi connectivity index (χ3n) is 4.10. The summed E-state index contributed by atoms with van der Waals surface area (Å²) in [5.41, 5.74) is 2.56. The predicted octanol–water partition coefficient (Wildman–Crippen LogP) is 3.85. The highest BCUT2D eigenvalue weighted by molar-refractivity contribution is 6.00. The van der Waals surface area contributed by atoms with Crippen LogP contribution in [-0.2, 0) is 6.54 Å². The normalized spacial score (nSPS) is 10.4. The molecular formula is C20H19N3O4. The average molecular weight is 365 g/mol. The van der Waals surface area contributed by atoms with E-state index in [1.165, 1.54) is 12.1 Å². The van der Waals surface area contributed by atoms with Crippen LogP contribution in [-0.4, -0.2) is 24.9 Å². The van der Waals surface area contributed by atoms with Gasteiger partial charge in [0.25, 0.3) is 11.6 Å². The summed E-state index contributed by atoms with van der Waals surface area (Å²) in [5.74, 6) is 0.377. The maximum absolute atomic E-state index is 12.7. The lowest BCUT2D eigenvalue weighted by molar-refractivity contribution is -0.384. The van der Waals surface area contributed by atoms with Crippen molar-refractivity contribution < 1.29 is 14.1 Å². The minimum Gasteiger partial charge on any atom is -0.464 e. The lowest BCUT2D eigenvalue weighted by atomic mass is 10.1. The van der Waals surface area contributed by atoms with Crippen molar-refractivity contribution in [2.45, 2.75) is 6.54 Å². The number of carbonyl (C=O) groups is 1. The van der Waals surface area contributed by atoms with Gasteiger partial charge in [0.2, 0.25) is 0 Å². The minimum atomic E-state index is -0.511. The molecule has 138 valence electrons. The minimum absolute atomic E-state index is 0.120. The standard InChI is InChI=1S/C20H19N3O4/c1-22(2)18-9-8-16(23(25)26)12-17(18)20(24)21-13-14-5-3-6-15(11-14)19-7-4-10-27-19/h3-12H,13H2,1-2H3,(H,21,24). The second-order valence-corrected chi connectivity index (χ2v) is 6.21. The number of nitrogens with zero attached hydrogens (tertiary/aromatic N) is 2. The van der Waals surface area contributed by atoms with Crippen LogP contribution in [0.2, 0.25) is 0 Å². The Morgan fingerprint density at radius 2 is 1.96 bits per heavy atom. The molecule has 0 spiro atoms. The summed E-state index contributed by atoms with van der Waals surface area (Å²) >= 11 is 0. The first-order valence-electron chi connectivity index (χ1n) is 8.32. The van der Waals surface area contributed by atoms with Crippen LogP contribution in [0, 0.1) is 10.1 Å². The van der Waals surface area contributed by atoms with E-state index in [9.17, 15) is 14.9 Å². The van der Waals surface area contributed by atoms with Gasteiger partial charge in [0.1, 0.15) is 5.76 Å². The number of nitro groups is 1. The zero-order valence-corrected chi connectivity index (χ0v) is 15.0. The van der Waals surface area contributed by atoms with Crippen LogP contribution in [0.4, 0.5) is 11.4 Å². The molecule has 0 saturated carbocycles. The number of rotatable bonds is 6. The molecule has 0 aliphatic carbocycles. The molecular weight excluding hydrogens is 346 g/mol. The number of amides is 1. The molecule has 7 nitrogen and oxygen atoms in total. The Labute approximate surface area is 156 Å². The molecule has 1 heterocycles. The summed E-state index contributed by atoms with van der Waals surface area (Å²) in [5, 5.41) is 13.9. The van der Waals surface area contributed by atoms with Crippen LogP contribution >= 0.6 is 0 Å². The summed E-state index contributed by atoms with van der Waals surface area (Å²) in [6, 6.07) is 15.6. The number of anilines is 1. The predicted molar refractivity (Wildman–Crippen MR) is 103 cm³/mol. The van der Waals surface area contributed by atoms with Crippen molar-refractivity contribution in [3.05, 3.63) is 82.1 Å². The van der Waals surface area contributed by atoms with Crippen LogP contribution < -0.4 is 10.2 Å². The molecule has 0 unspecified atom stereocenters. The maximum atomic E-state index is 12.7. The van der Waals surface area contributed by atoms with Gasteiger partial charge in [-0.1, -0.05) is 18.2 Å². The highest BCUT2D eigenvalue weighted by Crippen LogP contribution is 2.25. The molecule has 0 bridgehead atoms. The van der Waals surface area contributed by atoms with Gasteiger partial charge in [0.05, 0.1) is 16.7 Å². The number of nitrogens with one attached hydrogen (secondary N) is 1. The molecule has 0 radical (unpaired) electrons. The zero-order chi connectivity index (χ0) is 19.4. The topological polar surface area (TPSA) is 88.6 Å². The van der Waals surface area contributed by atoms with Crippen molar-refractivity contribution in [3.63, 3.8) is 0 Å². The fraction of sp³-hybridized carbons (Fsp3) is 0.150. The van der Waals surface area contributed by atoms with E-state index in [-0.39, 0.29) is 17.2 Å². The first-order valence-corrected chi connectivity index (χ1v) is 8.32. The van der Waals surface area contributed by atoms with E-state index < -0.39 is 4.92 Å². The van der Waals surface area contributed by atoms with Gasteiger partial charge in [-0.2, -0.15) is 0 Å². The SMILES string of the molecule is CN(C)c1ccc([N+](=O)[O-])cc1C(=O)NCc1cccc(-c2ccco2)c1. The summed E-state index contributed by atoms with van der Waals surface area (Å²) < 4.78 is 5.39. The fourth-order valence-corrected chi connectivity index (χ4v) is 2.76. The zero-order valence-electron chi connectivity index (χ0n) is 15.0. The molecule has 0 atom stereocenters. The summed E-state index contributed by atoms with van der Waals surface area (Å²) in [7, 11) is 3.57. The lowest BCUT2D eigenvalue weighted by Crippen LogP contribution is -2.25. The quantitative estimate of drug-likeness (QED) is 0.529. The van der Waals surface area contributed by atoms with Crippen molar-refractivity contribution in [2.75, 3.05) is 19.0 Å². The third-order valence-corrected chi connectivity index (χ3v) is 4.10. The van der Waals surface area contributed by atoms with Crippen molar-refractivity contribution in [2.24, 2.45) is 0 Å². The van der Waals surface area contributed by atoms with Gasteiger partial charge in [-0.25, -0.2) is 0 Å². The van der Waals surface area contributed by atoms with Gasteiger partial charge in [-0.15, -0.1) is 0 Å². The second kappa shape index (κ2) is 7.74. The molecule has 3 aromatic rings. The van der Waals surface area contributed by atoms with E-state index in [1.807, 2.05) is 36.4 Å². The highest BCUT2D eigenvalue weighted by atomic mass is 16.6. The van der Waals surface area contributed by atoms with E-state index in [2.05, 4.69) is 5.32 Å². The van der Waals surface area contributed by atoms with E-state index in [4.69, 9.17) is 4.42 Å². The van der Waals surface area contributed by atoms with Gasteiger partial charge < -0.3 is 14.6 Å². The first kappa shape index (κ1) is 18.2. The summed E-state index contributed by atoms with van der Waals surface area (Å²) in [6.07, 6.45) is 1.61. The van der Waals surface area contributed by atoms with Crippen LogP contribution in [0.5, 0.6) is 0 Å². The van der Waals surface area contributed by atoms with E-state index >= 15 is 0 Å². The Balaban J connectivity index is 1.79. The molecule has 0 aliphatic rings. The highest BCUT2D eigenvalue weighted by Gasteiger charge is 2.18. The van der Waals surface area contributed by atoms with E-state index in [1.54, 1.807) is 31.3 Å². The Morgan fingerprint density at radius 3 is 2.63 bits per heavy atom. The fourth-order valence-electron chi connectivity index (χ4n) is 2.76. The first-order chi connectivity index (χ1) is 13.0. The molecule has 3 rings (SSSR count). The summed E-state index contributed by atoms with van der Waals surface area (Å²) in [4.78, 5) is 24.9. The molecule has 1 N–H and O–H groups in total. The molecule has 0 fully saturated rings. The molecule has 1 aromatic heterocycles. The molecule has 1 amide bonds. The van der Waals surface area contributed by atoms with Gasteiger partial charge in [0.15, 0.2) is 0 Å². The molecule has 27 heavy (non-hydrogen) atoms. The number of hydrogen-bond donors (Lipinski definition) is 1. The van der Waals surface area contributed by atoms with Crippen molar-refractivity contribution >= 4 is 17.3 Å². The Hall–Kier alpha value is -3.61. The smallest absolute Gasteiger partial charge is 0.270 e. The molecule has 7 heteroatoms. The van der Waals surface area contributed by atoms with Crippen LogP contribution in [0.15, 0.2) is 65.3 Å². The Bertz CT molecular complexity index is 965. The van der Waals surface area contributed by atoms with E-state index in [0.29, 0.717) is 12.2 Å². The maximum Gasteiger partial charge on any atom is 0.270 e. The molecule has 0 aliphatic heterocycles. The number of non-ortho nitro benzene ring substituents is 1. The van der Waals surface area contributed by atoms with Gasteiger partial charge in [-0.3, -0.25) is 14.9 Å². The largest absolute Gasteiger partial charge is 0.464 e. The number of furan rings is 1. The number of hydrogen-bond acceptors (Lipinski definition) is 5. The van der Waals surface area contributed by atoms with Crippen molar-refractivity contribution in [3.8, 4) is 11.3 Å². The average Bonchev–Trinajstić information content (AvgIpc) is 3.20. The summed E-state index contributed by atoms with van der Waals surface area (Å²) in [6.45, 7) is 0.295. The second-order valence-electron chi connectivity index (χ2n) is 6.21. The van der Waals surface area contributed by atoms with Crippen molar-refractivity contribution in [1.29, 1.82) is 0 Å². The van der Waals surface area contributed by atoms with E-state index in [0.717, 1.165) is 16.9 Å². The lowest BCUT2D eigenvalue weighted by Gasteiger charge is -2.17. The molecule has 0 saturated heterocycles. The third kappa shape index (κ3) is 4.14. The number of carbonyl (C=O) groups excluding carboxylic acids is 1. The Morgan fingerprint density at radius 1 is 1.15 bits per heavy atom.